The molecule has 1 unspecified atom stereocenters. The molecule has 1 aliphatic heterocycles. The fraction of sp³-hybridized carbons (Fsp3) is 0.368. The third-order valence-electron chi connectivity index (χ3n) is 4.37. The first-order chi connectivity index (χ1) is 11.3. The van der Waals surface area contributed by atoms with Crippen molar-refractivity contribution in [1.82, 2.24) is 15.2 Å². The SMILES string of the molecule is O=C(CN1CCCC1Cc1ccccc1)NCc1cccnc1. The number of pyridine rings is 1. The van der Waals surface area contributed by atoms with Crippen LogP contribution < -0.4 is 5.32 Å². The maximum atomic E-state index is 12.2. The Kier molecular flexibility index (Phi) is 5.37. The number of amides is 1. The highest BCUT2D eigenvalue weighted by atomic mass is 16.2. The molecule has 1 atom stereocenters. The maximum Gasteiger partial charge on any atom is 0.234 e. The first-order valence-corrected chi connectivity index (χ1v) is 8.25. The molecular formula is C19H23N3O. The highest BCUT2D eigenvalue weighted by Crippen LogP contribution is 2.20. The van der Waals surface area contributed by atoms with Gasteiger partial charge in [0.05, 0.1) is 6.54 Å². The Balaban J connectivity index is 1.49. The summed E-state index contributed by atoms with van der Waals surface area (Å²) in [6, 6.07) is 14.9. The van der Waals surface area contributed by atoms with Crippen LogP contribution in [0, 0.1) is 0 Å². The second-order valence-corrected chi connectivity index (χ2v) is 6.09. The summed E-state index contributed by atoms with van der Waals surface area (Å²) < 4.78 is 0. The van der Waals surface area contributed by atoms with Crippen LogP contribution >= 0.6 is 0 Å². The predicted molar refractivity (Wildman–Crippen MR) is 90.8 cm³/mol. The molecule has 1 aliphatic rings. The van der Waals surface area contributed by atoms with E-state index < -0.39 is 0 Å². The van der Waals surface area contributed by atoms with Gasteiger partial charge in [-0.2, -0.15) is 0 Å². The summed E-state index contributed by atoms with van der Waals surface area (Å²) in [4.78, 5) is 18.6. The molecule has 2 aromatic rings. The number of carbonyl (C=O) groups excluding carboxylic acids is 1. The van der Waals surface area contributed by atoms with Crippen LogP contribution in [0.4, 0.5) is 0 Å². The van der Waals surface area contributed by atoms with Gasteiger partial charge in [0.1, 0.15) is 0 Å². The maximum absolute atomic E-state index is 12.2. The molecule has 1 N–H and O–H groups in total. The fourth-order valence-corrected chi connectivity index (χ4v) is 3.16. The molecule has 120 valence electrons. The quantitative estimate of drug-likeness (QED) is 0.891. The molecule has 1 aromatic carbocycles. The minimum atomic E-state index is 0.0915. The van der Waals surface area contributed by atoms with Crippen molar-refractivity contribution in [3.05, 3.63) is 66.0 Å². The molecule has 4 heteroatoms. The Morgan fingerprint density at radius 1 is 1.17 bits per heavy atom. The molecular weight excluding hydrogens is 286 g/mol. The molecule has 1 aromatic heterocycles. The summed E-state index contributed by atoms with van der Waals surface area (Å²) >= 11 is 0. The standard InChI is InChI=1S/C19H23N3O/c23-19(21-14-17-8-4-10-20-13-17)15-22-11-5-9-18(22)12-16-6-2-1-3-7-16/h1-4,6-8,10,13,18H,5,9,11-12,14-15H2,(H,21,23). The van der Waals surface area contributed by atoms with Gasteiger partial charge in [0.15, 0.2) is 0 Å². The lowest BCUT2D eigenvalue weighted by Crippen LogP contribution is -2.40. The van der Waals surface area contributed by atoms with Crippen molar-refractivity contribution in [2.24, 2.45) is 0 Å². The summed E-state index contributed by atoms with van der Waals surface area (Å²) in [5.74, 6) is 0.0915. The zero-order chi connectivity index (χ0) is 15.9. The average Bonchev–Trinajstić information content (AvgIpc) is 3.02. The molecule has 23 heavy (non-hydrogen) atoms. The lowest BCUT2D eigenvalue weighted by Gasteiger charge is -2.24. The number of benzene rings is 1. The second-order valence-electron chi connectivity index (χ2n) is 6.09. The van der Waals surface area contributed by atoms with Crippen LogP contribution in [0.1, 0.15) is 24.0 Å². The molecule has 0 saturated carbocycles. The van der Waals surface area contributed by atoms with Crippen LogP contribution in [-0.4, -0.2) is 34.9 Å². The van der Waals surface area contributed by atoms with E-state index in [2.05, 4.69) is 39.5 Å². The van der Waals surface area contributed by atoms with Crippen molar-refractivity contribution in [2.45, 2.75) is 31.8 Å². The van der Waals surface area contributed by atoms with E-state index in [0.717, 1.165) is 18.5 Å². The molecule has 4 nitrogen and oxygen atoms in total. The molecule has 1 fully saturated rings. The lowest BCUT2D eigenvalue weighted by atomic mass is 10.0. The number of carbonyl (C=O) groups is 1. The Labute approximate surface area is 137 Å². The van der Waals surface area contributed by atoms with E-state index in [1.807, 2.05) is 18.2 Å². The highest BCUT2D eigenvalue weighted by Gasteiger charge is 2.26. The van der Waals surface area contributed by atoms with Crippen molar-refractivity contribution < 1.29 is 4.79 Å². The fourth-order valence-electron chi connectivity index (χ4n) is 3.16. The number of hydrogen-bond acceptors (Lipinski definition) is 3. The predicted octanol–water partition coefficient (Wildman–Crippen LogP) is 2.40. The summed E-state index contributed by atoms with van der Waals surface area (Å²) in [6.07, 6.45) is 6.90. The monoisotopic (exact) mass is 309 g/mol. The number of likely N-dealkylation sites (tertiary alicyclic amines) is 1. The van der Waals surface area contributed by atoms with Gasteiger partial charge in [-0.05, 0) is 43.0 Å². The van der Waals surface area contributed by atoms with Gasteiger partial charge < -0.3 is 5.32 Å². The number of nitrogens with one attached hydrogen (secondary N) is 1. The smallest absolute Gasteiger partial charge is 0.234 e. The molecule has 0 spiro atoms. The van der Waals surface area contributed by atoms with Crippen LogP contribution in [0.2, 0.25) is 0 Å². The molecule has 0 bridgehead atoms. The van der Waals surface area contributed by atoms with Gasteiger partial charge in [0.25, 0.3) is 0 Å². The van der Waals surface area contributed by atoms with E-state index in [1.165, 1.54) is 18.4 Å². The first-order valence-electron chi connectivity index (χ1n) is 8.25. The molecule has 0 radical (unpaired) electrons. The Bertz CT molecular complexity index is 615. The Morgan fingerprint density at radius 2 is 2.00 bits per heavy atom. The van der Waals surface area contributed by atoms with Gasteiger partial charge in [0.2, 0.25) is 5.91 Å². The number of rotatable bonds is 6. The number of aromatic nitrogens is 1. The van der Waals surface area contributed by atoms with Crippen molar-refractivity contribution in [2.75, 3.05) is 13.1 Å². The Morgan fingerprint density at radius 3 is 2.78 bits per heavy atom. The van der Waals surface area contributed by atoms with Crippen molar-refractivity contribution in [3.8, 4) is 0 Å². The third kappa shape index (κ3) is 4.63. The molecule has 2 heterocycles. The van der Waals surface area contributed by atoms with E-state index in [4.69, 9.17) is 0 Å². The topological polar surface area (TPSA) is 45.2 Å². The zero-order valence-corrected chi connectivity index (χ0v) is 13.3. The number of hydrogen-bond donors (Lipinski definition) is 1. The van der Waals surface area contributed by atoms with E-state index >= 15 is 0 Å². The zero-order valence-electron chi connectivity index (χ0n) is 13.3. The molecule has 3 rings (SSSR count). The van der Waals surface area contributed by atoms with Crippen molar-refractivity contribution >= 4 is 5.91 Å². The van der Waals surface area contributed by atoms with E-state index in [0.29, 0.717) is 19.1 Å². The van der Waals surface area contributed by atoms with E-state index in [9.17, 15) is 4.79 Å². The van der Waals surface area contributed by atoms with Gasteiger partial charge in [-0.3, -0.25) is 14.7 Å². The molecule has 1 amide bonds. The van der Waals surface area contributed by atoms with Crippen LogP contribution in [0.3, 0.4) is 0 Å². The summed E-state index contributed by atoms with van der Waals surface area (Å²) in [5.41, 5.74) is 2.38. The first kappa shape index (κ1) is 15.7. The average molecular weight is 309 g/mol. The Hall–Kier alpha value is -2.20. The van der Waals surface area contributed by atoms with E-state index in [1.54, 1.807) is 12.4 Å². The van der Waals surface area contributed by atoms with E-state index in [-0.39, 0.29) is 5.91 Å². The molecule has 0 aliphatic carbocycles. The second kappa shape index (κ2) is 7.88. The van der Waals surface area contributed by atoms with Gasteiger partial charge in [0, 0.05) is 25.0 Å². The van der Waals surface area contributed by atoms with Crippen molar-refractivity contribution in [3.63, 3.8) is 0 Å². The molecule has 1 saturated heterocycles. The highest BCUT2D eigenvalue weighted by molar-refractivity contribution is 5.78. The largest absolute Gasteiger partial charge is 0.351 e. The minimum Gasteiger partial charge on any atom is -0.351 e. The summed E-state index contributed by atoms with van der Waals surface area (Å²) in [7, 11) is 0. The van der Waals surface area contributed by atoms with Gasteiger partial charge in [-0.1, -0.05) is 36.4 Å². The van der Waals surface area contributed by atoms with Crippen molar-refractivity contribution in [1.29, 1.82) is 0 Å². The van der Waals surface area contributed by atoms with Crippen LogP contribution in [0.25, 0.3) is 0 Å². The minimum absolute atomic E-state index is 0.0915. The summed E-state index contributed by atoms with van der Waals surface area (Å²) in [6.45, 7) is 2.04. The van der Waals surface area contributed by atoms with Gasteiger partial charge >= 0.3 is 0 Å². The van der Waals surface area contributed by atoms with Gasteiger partial charge in [-0.15, -0.1) is 0 Å². The lowest BCUT2D eigenvalue weighted by molar-refractivity contribution is -0.122. The van der Waals surface area contributed by atoms with Crippen LogP contribution in [-0.2, 0) is 17.8 Å². The van der Waals surface area contributed by atoms with Crippen LogP contribution in [0.15, 0.2) is 54.9 Å². The normalized spacial score (nSPS) is 18.0. The third-order valence-corrected chi connectivity index (χ3v) is 4.37. The van der Waals surface area contributed by atoms with Gasteiger partial charge in [-0.25, -0.2) is 0 Å². The van der Waals surface area contributed by atoms with Crippen LogP contribution in [0.5, 0.6) is 0 Å². The number of nitrogens with zero attached hydrogens (tertiary/aromatic N) is 2. The summed E-state index contributed by atoms with van der Waals surface area (Å²) in [5, 5.41) is 2.99.